The molecule has 3 atom stereocenters. The molecule has 5 rings (SSSR count). The molecule has 1 amide bonds. The highest BCUT2D eigenvalue weighted by Gasteiger charge is 2.38. The van der Waals surface area contributed by atoms with Gasteiger partial charge in [-0.05, 0) is 50.0 Å². The van der Waals surface area contributed by atoms with Crippen LogP contribution in [0.3, 0.4) is 0 Å². The van der Waals surface area contributed by atoms with Crippen LogP contribution in [0.1, 0.15) is 71.0 Å². The highest BCUT2D eigenvalue weighted by atomic mass is 16.5. The number of nitrogens with two attached hydrogens (primary N) is 1. The van der Waals surface area contributed by atoms with Crippen molar-refractivity contribution in [3.63, 3.8) is 0 Å². The number of anilines is 2. The largest absolute Gasteiger partial charge is 0.477 e. The number of hydrogen-bond donors (Lipinski definition) is 1. The number of rotatable bonds is 9. The van der Waals surface area contributed by atoms with E-state index in [1.165, 1.54) is 0 Å². The zero-order chi connectivity index (χ0) is 26.6. The van der Waals surface area contributed by atoms with Crippen molar-refractivity contribution in [1.82, 2.24) is 25.2 Å². The molecule has 1 unspecified atom stereocenters. The van der Waals surface area contributed by atoms with Gasteiger partial charge in [-0.1, -0.05) is 25.9 Å². The molecule has 0 aliphatic carbocycles. The van der Waals surface area contributed by atoms with Gasteiger partial charge in [-0.15, -0.1) is 10.2 Å². The first-order valence-corrected chi connectivity index (χ1v) is 14.2. The molecule has 11 heteroatoms. The molecule has 11 nitrogen and oxygen atoms in total. The van der Waals surface area contributed by atoms with Crippen LogP contribution >= 0.6 is 0 Å². The van der Waals surface area contributed by atoms with E-state index in [4.69, 9.17) is 15.0 Å². The van der Waals surface area contributed by atoms with E-state index < -0.39 is 0 Å². The number of aromatic nitrogens is 4. The van der Waals surface area contributed by atoms with Crippen molar-refractivity contribution in [3.05, 3.63) is 18.0 Å². The number of likely N-dealkylation sites (tertiary alicyclic amines) is 1. The Labute approximate surface area is 225 Å². The van der Waals surface area contributed by atoms with Crippen LogP contribution in [0, 0.1) is 11.8 Å². The SMILES string of the molecule is CC(C)c1noc(N2CCC(C(C)CCOc3ccc(N4C[C@H](N)[C@@H](N5CCCCC5=O)C4)nn3)CC2)n1. The first kappa shape index (κ1) is 26.6. The van der Waals surface area contributed by atoms with E-state index in [0.29, 0.717) is 49.8 Å². The summed E-state index contributed by atoms with van der Waals surface area (Å²) in [6.07, 6.45) is 5.85. The summed E-state index contributed by atoms with van der Waals surface area (Å²) < 4.78 is 11.4. The van der Waals surface area contributed by atoms with Gasteiger partial charge in [0.1, 0.15) is 0 Å². The lowest BCUT2D eigenvalue weighted by atomic mass is 9.84. The van der Waals surface area contributed by atoms with Gasteiger partial charge in [-0.3, -0.25) is 4.79 Å². The number of amides is 1. The Bertz CT molecular complexity index is 1050. The standard InChI is InChI=1S/C27H42N8O3/c1-18(2)26-29-27(38-32-26)33-13-9-20(10-14-33)19(3)11-15-37-24-8-7-23(30-31-24)34-16-21(28)22(17-34)35-12-5-4-6-25(35)36/h7-8,18-22H,4-6,9-17,28H2,1-3H3/t19?,21-,22-/m0/s1. The third-order valence-corrected chi connectivity index (χ3v) is 8.43. The van der Waals surface area contributed by atoms with Gasteiger partial charge in [-0.2, -0.15) is 4.98 Å². The van der Waals surface area contributed by atoms with Crippen LogP contribution in [0.2, 0.25) is 0 Å². The van der Waals surface area contributed by atoms with Crippen molar-refractivity contribution >= 4 is 17.7 Å². The zero-order valence-corrected chi connectivity index (χ0v) is 23.0. The van der Waals surface area contributed by atoms with Gasteiger partial charge in [-0.25, -0.2) is 0 Å². The lowest BCUT2D eigenvalue weighted by Crippen LogP contribution is -2.51. The summed E-state index contributed by atoms with van der Waals surface area (Å²) in [6.45, 7) is 11.1. The molecule has 5 heterocycles. The summed E-state index contributed by atoms with van der Waals surface area (Å²) in [6, 6.07) is 4.44. The second kappa shape index (κ2) is 11.8. The van der Waals surface area contributed by atoms with Crippen LogP contribution in [0.4, 0.5) is 11.8 Å². The molecule has 3 aliphatic heterocycles. The minimum absolute atomic E-state index is 0.0402. The fourth-order valence-corrected chi connectivity index (χ4v) is 5.90. The summed E-state index contributed by atoms with van der Waals surface area (Å²) in [5.41, 5.74) is 6.41. The monoisotopic (exact) mass is 526 g/mol. The quantitative estimate of drug-likeness (QED) is 0.521. The maximum absolute atomic E-state index is 12.4. The van der Waals surface area contributed by atoms with Gasteiger partial charge in [0, 0.05) is 57.2 Å². The average Bonchev–Trinajstić information content (AvgIpc) is 3.57. The molecule has 2 N–H and O–H groups in total. The van der Waals surface area contributed by atoms with E-state index >= 15 is 0 Å². The van der Waals surface area contributed by atoms with Crippen molar-refractivity contribution in [3.8, 4) is 5.88 Å². The van der Waals surface area contributed by atoms with Crippen LogP contribution in [-0.2, 0) is 4.79 Å². The number of piperidine rings is 2. The number of nitrogens with zero attached hydrogens (tertiary/aromatic N) is 7. The third-order valence-electron chi connectivity index (χ3n) is 8.43. The molecule has 2 aromatic heterocycles. The van der Waals surface area contributed by atoms with Gasteiger partial charge >= 0.3 is 6.01 Å². The van der Waals surface area contributed by atoms with Crippen molar-refractivity contribution < 1.29 is 14.1 Å². The Hall–Kier alpha value is -2.95. The van der Waals surface area contributed by atoms with Crippen LogP contribution in [0.15, 0.2) is 16.7 Å². The highest BCUT2D eigenvalue weighted by molar-refractivity contribution is 5.77. The summed E-state index contributed by atoms with van der Waals surface area (Å²) >= 11 is 0. The minimum Gasteiger partial charge on any atom is -0.477 e. The van der Waals surface area contributed by atoms with E-state index in [0.717, 1.165) is 63.4 Å². The van der Waals surface area contributed by atoms with E-state index in [2.05, 4.69) is 50.9 Å². The maximum Gasteiger partial charge on any atom is 0.324 e. The first-order valence-electron chi connectivity index (χ1n) is 14.2. The smallest absolute Gasteiger partial charge is 0.324 e. The molecule has 3 fully saturated rings. The van der Waals surface area contributed by atoms with Crippen molar-refractivity contribution in [2.24, 2.45) is 17.6 Å². The van der Waals surface area contributed by atoms with Crippen LogP contribution in [-0.4, -0.2) is 82.6 Å². The van der Waals surface area contributed by atoms with Gasteiger partial charge in [0.25, 0.3) is 0 Å². The fraction of sp³-hybridized carbons (Fsp3) is 0.741. The third kappa shape index (κ3) is 6.03. The first-order chi connectivity index (χ1) is 18.4. The summed E-state index contributed by atoms with van der Waals surface area (Å²) in [5.74, 6) is 3.79. The van der Waals surface area contributed by atoms with Gasteiger partial charge < -0.3 is 29.7 Å². The number of carbonyl (C=O) groups excluding carboxylic acids is 1. The normalized spacial score (nSPS) is 23.9. The van der Waals surface area contributed by atoms with Crippen molar-refractivity contribution in [2.45, 2.75) is 77.3 Å². The molecule has 3 saturated heterocycles. The molecule has 3 aliphatic rings. The molecule has 0 aromatic carbocycles. The van der Waals surface area contributed by atoms with E-state index in [9.17, 15) is 4.79 Å². The Morgan fingerprint density at radius 2 is 1.89 bits per heavy atom. The minimum atomic E-state index is -0.0762. The Kier molecular flexibility index (Phi) is 8.30. The van der Waals surface area contributed by atoms with E-state index in [1.54, 1.807) is 0 Å². The number of carbonyl (C=O) groups is 1. The fourth-order valence-electron chi connectivity index (χ4n) is 5.90. The summed E-state index contributed by atoms with van der Waals surface area (Å²) in [4.78, 5) is 23.2. The summed E-state index contributed by atoms with van der Waals surface area (Å²) in [7, 11) is 0. The van der Waals surface area contributed by atoms with Crippen LogP contribution in [0.25, 0.3) is 0 Å². The second-order valence-electron chi connectivity index (χ2n) is 11.4. The number of ether oxygens (including phenoxy) is 1. The van der Waals surface area contributed by atoms with Gasteiger partial charge in [0.2, 0.25) is 11.8 Å². The topological polar surface area (TPSA) is 127 Å². The molecule has 0 spiro atoms. The summed E-state index contributed by atoms with van der Waals surface area (Å²) in [5, 5.41) is 12.8. The van der Waals surface area contributed by atoms with E-state index in [1.807, 2.05) is 17.0 Å². The average molecular weight is 527 g/mol. The van der Waals surface area contributed by atoms with Gasteiger partial charge in [0.05, 0.1) is 12.6 Å². The highest BCUT2D eigenvalue weighted by Crippen LogP contribution is 2.30. The lowest BCUT2D eigenvalue weighted by molar-refractivity contribution is -0.135. The molecular weight excluding hydrogens is 484 g/mol. The molecule has 0 radical (unpaired) electrons. The Morgan fingerprint density at radius 3 is 2.58 bits per heavy atom. The van der Waals surface area contributed by atoms with Crippen molar-refractivity contribution in [2.75, 3.05) is 49.1 Å². The van der Waals surface area contributed by atoms with E-state index in [-0.39, 0.29) is 23.9 Å². The molecular formula is C27H42N8O3. The maximum atomic E-state index is 12.4. The predicted molar refractivity (Wildman–Crippen MR) is 144 cm³/mol. The van der Waals surface area contributed by atoms with Crippen molar-refractivity contribution in [1.29, 1.82) is 0 Å². The predicted octanol–water partition coefficient (Wildman–Crippen LogP) is 2.83. The molecule has 0 saturated carbocycles. The van der Waals surface area contributed by atoms with Crippen LogP contribution in [0.5, 0.6) is 5.88 Å². The molecule has 2 aromatic rings. The lowest BCUT2D eigenvalue weighted by Gasteiger charge is -2.34. The number of hydrogen-bond acceptors (Lipinski definition) is 10. The Balaban J connectivity index is 1.04. The Morgan fingerprint density at radius 1 is 1.08 bits per heavy atom. The van der Waals surface area contributed by atoms with Gasteiger partial charge in [0.15, 0.2) is 11.6 Å². The molecule has 0 bridgehead atoms. The second-order valence-corrected chi connectivity index (χ2v) is 11.4. The molecule has 38 heavy (non-hydrogen) atoms. The zero-order valence-electron chi connectivity index (χ0n) is 23.0. The van der Waals surface area contributed by atoms with Crippen LogP contribution < -0.4 is 20.3 Å². The molecule has 208 valence electrons.